The number of hydrogen-bond acceptors (Lipinski definition) is 4. The molecule has 3 aromatic carbocycles. The number of halogens is 1. The van der Waals surface area contributed by atoms with Crippen LogP contribution < -0.4 is 14.4 Å². The minimum atomic E-state index is -3.98. The number of aryl methyl sites for hydroxylation is 1. The number of anilines is 2. The third-order valence-electron chi connectivity index (χ3n) is 4.44. The molecule has 0 atom stereocenters. The van der Waals surface area contributed by atoms with Crippen LogP contribution in [0.15, 0.2) is 77.7 Å². The van der Waals surface area contributed by atoms with Gasteiger partial charge in [0.25, 0.3) is 10.0 Å². The third-order valence-corrected chi connectivity index (χ3v) is 6.48. The second-order valence-corrected chi connectivity index (χ2v) is 9.11. The van der Waals surface area contributed by atoms with Crippen molar-refractivity contribution in [1.29, 1.82) is 0 Å². The monoisotopic (exact) mass is 458 g/mol. The third kappa shape index (κ3) is 5.77. The maximum absolute atomic E-state index is 13.3. The first-order valence-electron chi connectivity index (χ1n) is 9.67. The van der Waals surface area contributed by atoms with E-state index < -0.39 is 22.5 Å². The van der Waals surface area contributed by atoms with Gasteiger partial charge in [-0.2, -0.15) is 0 Å². The van der Waals surface area contributed by atoms with Gasteiger partial charge in [-0.3, -0.25) is 9.10 Å². The summed E-state index contributed by atoms with van der Waals surface area (Å²) >= 11 is 5.96. The summed E-state index contributed by atoms with van der Waals surface area (Å²) in [6.07, 6.45) is 0. The minimum absolute atomic E-state index is 0.0965. The Morgan fingerprint density at radius 3 is 2.35 bits per heavy atom. The van der Waals surface area contributed by atoms with Gasteiger partial charge >= 0.3 is 0 Å². The summed E-state index contributed by atoms with van der Waals surface area (Å²) in [6, 6.07) is 19.7. The number of nitrogens with one attached hydrogen (secondary N) is 1. The molecule has 3 aromatic rings. The molecular formula is C23H23ClN2O4S. The lowest BCUT2D eigenvalue weighted by atomic mass is 10.2. The van der Waals surface area contributed by atoms with Crippen LogP contribution in [-0.2, 0) is 14.8 Å². The van der Waals surface area contributed by atoms with E-state index in [1.807, 2.05) is 13.8 Å². The van der Waals surface area contributed by atoms with Crippen LogP contribution in [0.5, 0.6) is 5.75 Å². The van der Waals surface area contributed by atoms with E-state index in [1.54, 1.807) is 60.7 Å². The first kappa shape index (κ1) is 22.7. The van der Waals surface area contributed by atoms with Crippen LogP contribution in [0.3, 0.4) is 0 Å². The molecule has 0 unspecified atom stereocenters. The van der Waals surface area contributed by atoms with Crippen molar-refractivity contribution >= 4 is 38.9 Å². The Hall–Kier alpha value is -3.03. The van der Waals surface area contributed by atoms with Gasteiger partial charge in [0.15, 0.2) is 0 Å². The van der Waals surface area contributed by atoms with Gasteiger partial charge < -0.3 is 10.1 Å². The molecule has 0 aliphatic carbocycles. The standard InChI is InChI=1S/C23H23ClN2O4S/c1-3-30-21-6-4-5-19(15-21)25-23(27)16-26(20-11-9-18(24)10-12-20)31(28,29)22-13-7-17(2)8-14-22/h4-15H,3,16H2,1-2H3,(H,25,27). The number of carbonyl (C=O) groups excluding carboxylic acids is 1. The average Bonchev–Trinajstić information content (AvgIpc) is 2.73. The lowest BCUT2D eigenvalue weighted by molar-refractivity contribution is -0.114. The van der Waals surface area contributed by atoms with E-state index in [1.165, 1.54) is 12.1 Å². The highest BCUT2D eigenvalue weighted by atomic mass is 35.5. The van der Waals surface area contributed by atoms with Crippen LogP contribution in [-0.4, -0.2) is 27.5 Å². The number of carbonyl (C=O) groups is 1. The van der Waals surface area contributed by atoms with Gasteiger partial charge in [-0.1, -0.05) is 35.4 Å². The maximum atomic E-state index is 13.3. The van der Waals surface area contributed by atoms with E-state index in [-0.39, 0.29) is 4.90 Å². The van der Waals surface area contributed by atoms with Crippen molar-refractivity contribution in [3.63, 3.8) is 0 Å². The second-order valence-electron chi connectivity index (χ2n) is 6.81. The molecule has 31 heavy (non-hydrogen) atoms. The fourth-order valence-corrected chi connectivity index (χ4v) is 4.47. The van der Waals surface area contributed by atoms with Gasteiger partial charge in [-0.25, -0.2) is 8.42 Å². The Balaban J connectivity index is 1.90. The number of benzene rings is 3. The zero-order chi connectivity index (χ0) is 22.4. The van der Waals surface area contributed by atoms with Gasteiger partial charge in [0.2, 0.25) is 5.91 Å². The molecule has 0 aromatic heterocycles. The molecule has 0 radical (unpaired) electrons. The summed E-state index contributed by atoms with van der Waals surface area (Å²) in [5.41, 5.74) is 1.78. The summed E-state index contributed by atoms with van der Waals surface area (Å²) in [6.45, 7) is 3.83. The zero-order valence-corrected chi connectivity index (χ0v) is 18.8. The smallest absolute Gasteiger partial charge is 0.264 e. The Kier molecular flexibility index (Phi) is 7.20. The topological polar surface area (TPSA) is 75.7 Å². The van der Waals surface area contributed by atoms with E-state index in [2.05, 4.69) is 5.32 Å². The van der Waals surface area contributed by atoms with Crippen molar-refractivity contribution in [2.75, 3.05) is 22.8 Å². The van der Waals surface area contributed by atoms with Crippen LogP contribution in [0.4, 0.5) is 11.4 Å². The van der Waals surface area contributed by atoms with Gasteiger partial charge in [-0.05, 0) is 62.4 Å². The van der Waals surface area contributed by atoms with E-state index in [0.717, 1.165) is 9.87 Å². The van der Waals surface area contributed by atoms with Crippen molar-refractivity contribution in [3.05, 3.63) is 83.4 Å². The Bertz CT molecular complexity index is 1150. The normalized spacial score (nSPS) is 11.1. The van der Waals surface area contributed by atoms with E-state index in [4.69, 9.17) is 16.3 Å². The quantitative estimate of drug-likeness (QED) is 0.522. The second kappa shape index (κ2) is 9.85. The molecule has 162 valence electrons. The van der Waals surface area contributed by atoms with Crippen molar-refractivity contribution in [2.45, 2.75) is 18.7 Å². The molecule has 6 nitrogen and oxygen atoms in total. The highest BCUT2D eigenvalue weighted by molar-refractivity contribution is 7.92. The molecule has 1 amide bonds. The van der Waals surface area contributed by atoms with Crippen LogP contribution in [0.1, 0.15) is 12.5 Å². The molecule has 3 rings (SSSR count). The summed E-state index contributed by atoms with van der Waals surface area (Å²) in [7, 11) is -3.98. The highest BCUT2D eigenvalue weighted by Crippen LogP contribution is 2.26. The lowest BCUT2D eigenvalue weighted by Gasteiger charge is -2.24. The van der Waals surface area contributed by atoms with Crippen LogP contribution in [0.2, 0.25) is 5.02 Å². The Labute approximate surface area is 187 Å². The summed E-state index contributed by atoms with van der Waals surface area (Å²) in [5.74, 6) is 0.126. The van der Waals surface area contributed by atoms with Gasteiger partial charge in [0.05, 0.1) is 17.2 Å². The highest BCUT2D eigenvalue weighted by Gasteiger charge is 2.27. The predicted octanol–water partition coefficient (Wildman–Crippen LogP) is 4.88. The fraction of sp³-hybridized carbons (Fsp3) is 0.174. The van der Waals surface area contributed by atoms with Crippen LogP contribution in [0.25, 0.3) is 0 Å². The van der Waals surface area contributed by atoms with Crippen molar-refractivity contribution < 1.29 is 17.9 Å². The molecule has 0 aliphatic rings. The first-order valence-corrected chi connectivity index (χ1v) is 11.5. The predicted molar refractivity (Wildman–Crippen MR) is 123 cm³/mol. The number of ether oxygens (including phenoxy) is 1. The molecule has 0 fully saturated rings. The Morgan fingerprint density at radius 1 is 1.03 bits per heavy atom. The number of sulfonamides is 1. The molecule has 0 aliphatic heterocycles. The molecular weight excluding hydrogens is 436 g/mol. The number of amides is 1. The summed E-state index contributed by atoms with van der Waals surface area (Å²) in [4.78, 5) is 12.9. The molecule has 0 spiro atoms. The van der Waals surface area contributed by atoms with Gasteiger partial charge in [0, 0.05) is 16.8 Å². The molecule has 0 saturated carbocycles. The van der Waals surface area contributed by atoms with Crippen molar-refractivity contribution in [2.24, 2.45) is 0 Å². The van der Waals surface area contributed by atoms with E-state index in [9.17, 15) is 13.2 Å². The number of rotatable bonds is 8. The molecule has 8 heteroatoms. The Morgan fingerprint density at radius 2 is 1.71 bits per heavy atom. The van der Waals surface area contributed by atoms with Crippen molar-refractivity contribution in [3.8, 4) is 5.75 Å². The summed E-state index contributed by atoms with van der Waals surface area (Å²) < 4.78 is 33.2. The van der Waals surface area contributed by atoms with Crippen LogP contribution >= 0.6 is 11.6 Å². The van der Waals surface area contributed by atoms with Gasteiger partial charge in [0.1, 0.15) is 12.3 Å². The SMILES string of the molecule is CCOc1cccc(NC(=O)CN(c2ccc(Cl)cc2)S(=O)(=O)c2ccc(C)cc2)c1. The number of hydrogen-bond donors (Lipinski definition) is 1. The maximum Gasteiger partial charge on any atom is 0.264 e. The zero-order valence-electron chi connectivity index (χ0n) is 17.2. The molecule has 0 heterocycles. The fourth-order valence-electron chi connectivity index (χ4n) is 2.92. The summed E-state index contributed by atoms with van der Waals surface area (Å²) in [5, 5.41) is 3.20. The van der Waals surface area contributed by atoms with E-state index in [0.29, 0.717) is 28.8 Å². The first-order chi connectivity index (χ1) is 14.8. The van der Waals surface area contributed by atoms with Gasteiger partial charge in [-0.15, -0.1) is 0 Å². The van der Waals surface area contributed by atoms with Crippen LogP contribution in [0, 0.1) is 6.92 Å². The average molecular weight is 459 g/mol. The van der Waals surface area contributed by atoms with E-state index >= 15 is 0 Å². The largest absolute Gasteiger partial charge is 0.494 e. The lowest BCUT2D eigenvalue weighted by Crippen LogP contribution is -2.38. The minimum Gasteiger partial charge on any atom is -0.494 e. The molecule has 1 N–H and O–H groups in total. The van der Waals surface area contributed by atoms with Crippen molar-refractivity contribution in [1.82, 2.24) is 0 Å². The molecule has 0 saturated heterocycles. The molecule has 0 bridgehead atoms. The number of nitrogens with zero attached hydrogens (tertiary/aromatic N) is 1.